The normalized spacial score (nSPS) is 10.4. The number of aryl methyl sites for hydroxylation is 2. The minimum Gasteiger partial charge on any atom is -0.495 e. The Hall–Kier alpha value is -2.04. The molecule has 2 aromatic heterocycles. The molecule has 0 saturated heterocycles. The molecular weight excluding hydrogens is 204 g/mol. The average molecular weight is 218 g/mol. The molecule has 5 nitrogen and oxygen atoms in total. The molecule has 0 atom stereocenters. The van der Waals surface area contributed by atoms with Crippen molar-refractivity contribution in [2.75, 3.05) is 12.8 Å². The minimum absolute atomic E-state index is 0.492. The topological polar surface area (TPSA) is 66.0 Å². The Bertz CT molecular complexity index is 519. The molecule has 0 aliphatic carbocycles. The third-order valence-corrected chi connectivity index (χ3v) is 2.43. The monoisotopic (exact) mass is 218 g/mol. The number of nitrogen functional groups attached to an aromatic ring is 1. The molecule has 0 radical (unpaired) electrons. The summed E-state index contributed by atoms with van der Waals surface area (Å²) in [6.45, 7) is 1.86. The Labute approximate surface area is 93.9 Å². The Morgan fingerprint density at radius 2 is 2.19 bits per heavy atom. The number of hydrogen-bond acceptors (Lipinski definition) is 4. The van der Waals surface area contributed by atoms with Gasteiger partial charge in [-0.15, -0.1) is 0 Å². The summed E-state index contributed by atoms with van der Waals surface area (Å²) in [5.74, 6) is 1.22. The summed E-state index contributed by atoms with van der Waals surface area (Å²) in [6.07, 6.45) is 3.64. The first-order valence-corrected chi connectivity index (χ1v) is 4.92. The van der Waals surface area contributed by atoms with Gasteiger partial charge in [-0.1, -0.05) is 0 Å². The van der Waals surface area contributed by atoms with Gasteiger partial charge < -0.3 is 10.5 Å². The Balaban J connectivity index is 2.56. The number of rotatable bonds is 2. The zero-order chi connectivity index (χ0) is 11.7. The van der Waals surface area contributed by atoms with Crippen molar-refractivity contribution in [3.8, 4) is 16.9 Å². The van der Waals surface area contributed by atoms with Gasteiger partial charge >= 0.3 is 0 Å². The van der Waals surface area contributed by atoms with E-state index < -0.39 is 0 Å². The smallest absolute Gasteiger partial charge is 0.140 e. The van der Waals surface area contributed by atoms with E-state index in [2.05, 4.69) is 10.1 Å². The summed E-state index contributed by atoms with van der Waals surface area (Å²) in [5.41, 5.74) is 8.45. The molecule has 84 valence electrons. The van der Waals surface area contributed by atoms with E-state index in [0.29, 0.717) is 5.82 Å². The second-order valence-electron chi connectivity index (χ2n) is 3.61. The van der Waals surface area contributed by atoms with Crippen molar-refractivity contribution in [2.45, 2.75) is 6.92 Å². The third kappa shape index (κ3) is 1.71. The maximum absolute atomic E-state index is 5.88. The van der Waals surface area contributed by atoms with Crippen LogP contribution in [0.4, 0.5) is 5.82 Å². The van der Waals surface area contributed by atoms with Crippen LogP contribution in [0.15, 0.2) is 18.5 Å². The van der Waals surface area contributed by atoms with Gasteiger partial charge in [0.2, 0.25) is 0 Å². The van der Waals surface area contributed by atoms with Gasteiger partial charge in [0.05, 0.1) is 19.0 Å². The number of pyridine rings is 1. The third-order valence-electron chi connectivity index (χ3n) is 2.43. The highest BCUT2D eigenvalue weighted by molar-refractivity contribution is 5.74. The van der Waals surface area contributed by atoms with Crippen LogP contribution in [0.5, 0.6) is 5.75 Å². The average Bonchev–Trinajstić information content (AvgIpc) is 2.65. The molecule has 0 saturated carbocycles. The fourth-order valence-electron chi connectivity index (χ4n) is 1.60. The van der Waals surface area contributed by atoms with Crippen molar-refractivity contribution in [1.29, 1.82) is 0 Å². The second kappa shape index (κ2) is 3.84. The molecule has 2 N–H and O–H groups in total. The van der Waals surface area contributed by atoms with E-state index in [0.717, 1.165) is 22.6 Å². The Morgan fingerprint density at radius 1 is 1.44 bits per heavy atom. The van der Waals surface area contributed by atoms with Gasteiger partial charge in [-0.3, -0.25) is 4.68 Å². The number of nitrogens with two attached hydrogens (primary N) is 1. The van der Waals surface area contributed by atoms with Gasteiger partial charge in [0, 0.05) is 24.4 Å². The molecule has 5 heteroatoms. The molecule has 0 unspecified atom stereocenters. The SMILES string of the molecule is COc1cc(-c2cnn(C)c2)c(N)nc1C. The highest BCUT2D eigenvalue weighted by Gasteiger charge is 2.10. The molecule has 0 amide bonds. The van der Waals surface area contributed by atoms with E-state index in [-0.39, 0.29) is 0 Å². The van der Waals surface area contributed by atoms with Gasteiger partial charge in [-0.2, -0.15) is 5.10 Å². The van der Waals surface area contributed by atoms with Crippen molar-refractivity contribution in [3.05, 3.63) is 24.2 Å². The molecule has 2 heterocycles. The number of nitrogens with zero attached hydrogens (tertiary/aromatic N) is 3. The minimum atomic E-state index is 0.492. The lowest BCUT2D eigenvalue weighted by Gasteiger charge is -2.08. The summed E-state index contributed by atoms with van der Waals surface area (Å²) >= 11 is 0. The van der Waals surface area contributed by atoms with Crippen molar-refractivity contribution in [3.63, 3.8) is 0 Å². The number of ether oxygens (including phenoxy) is 1. The van der Waals surface area contributed by atoms with Crippen LogP contribution in [0.1, 0.15) is 5.69 Å². The van der Waals surface area contributed by atoms with Gasteiger partial charge in [0.15, 0.2) is 0 Å². The van der Waals surface area contributed by atoms with Gasteiger partial charge in [-0.25, -0.2) is 4.98 Å². The van der Waals surface area contributed by atoms with Crippen LogP contribution >= 0.6 is 0 Å². The van der Waals surface area contributed by atoms with E-state index in [1.54, 1.807) is 18.0 Å². The van der Waals surface area contributed by atoms with Gasteiger partial charge in [-0.05, 0) is 13.0 Å². The number of hydrogen-bond donors (Lipinski definition) is 1. The molecule has 0 bridgehead atoms. The van der Waals surface area contributed by atoms with Crippen LogP contribution < -0.4 is 10.5 Å². The quantitative estimate of drug-likeness (QED) is 0.827. The Kier molecular flexibility index (Phi) is 2.52. The van der Waals surface area contributed by atoms with Crippen molar-refractivity contribution in [1.82, 2.24) is 14.8 Å². The fraction of sp³-hybridized carbons (Fsp3) is 0.273. The first-order chi connectivity index (χ1) is 7.61. The van der Waals surface area contributed by atoms with Crippen molar-refractivity contribution in [2.24, 2.45) is 7.05 Å². The van der Waals surface area contributed by atoms with E-state index in [1.165, 1.54) is 0 Å². The maximum Gasteiger partial charge on any atom is 0.140 e. The predicted molar refractivity (Wildman–Crippen MR) is 62.1 cm³/mol. The Morgan fingerprint density at radius 3 is 2.75 bits per heavy atom. The summed E-state index contributed by atoms with van der Waals surface area (Å²) in [6, 6.07) is 1.88. The molecule has 0 aromatic carbocycles. The first-order valence-electron chi connectivity index (χ1n) is 4.92. The van der Waals surface area contributed by atoms with Gasteiger partial charge in [0.25, 0.3) is 0 Å². The lowest BCUT2D eigenvalue weighted by atomic mass is 10.1. The summed E-state index contributed by atoms with van der Waals surface area (Å²) < 4.78 is 6.95. The molecule has 0 spiro atoms. The van der Waals surface area contributed by atoms with Crippen LogP contribution in [0.25, 0.3) is 11.1 Å². The van der Waals surface area contributed by atoms with Crippen LogP contribution in [-0.2, 0) is 7.05 Å². The standard InChI is InChI=1S/C11H14N4O/c1-7-10(16-3)4-9(11(12)14-7)8-5-13-15(2)6-8/h4-6H,1-3H3,(H2,12,14). The second-order valence-corrected chi connectivity index (χ2v) is 3.61. The molecular formula is C11H14N4O. The summed E-state index contributed by atoms with van der Waals surface area (Å²) in [5, 5.41) is 4.10. The van der Waals surface area contributed by atoms with E-state index in [4.69, 9.17) is 10.5 Å². The molecule has 0 aliphatic rings. The molecule has 2 aromatic rings. The van der Waals surface area contributed by atoms with Crippen molar-refractivity contribution < 1.29 is 4.74 Å². The van der Waals surface area contributed by atoms with E-state index >= 15 is 0 Å². The van der Waals surface area contributed by atoms with Crippen LogP contribution in [0, 0.1) is 6.92 Å². The molecule has 16 heavy (non-hydrogen) atoms. The lowest BCUT2D eigenvalue weighted by Crippen LogP contribution is -1.98. The lowest BCUT2D eigenvalue weighted by molar-refractivity contribution is 0.409. The van der Waals surface area contributed by atoms with Gasteiger partial charge in [0.1, 0.15) is 11.6 Å². The highest BCUT2D eigenvalue weighted by atomic mass is 16.5. The number of methoxy groups -OCH3 is 1. The number of aromatic nitrogens is 3. The van der Waals surface area contributed by atoms with Crippen LogP contribution in [0.3, 0.4) is 0 Å². The predicted octanol–water partition coefficient (Wildman–Crippen LogP) is 1.38. The molecule has 2 rings (SSSR count). The highest BCUT2D eigenvalue weighted by Crippen LogP contribution is 2.29. The van der Waals surface area contributed by atoms with E-state index in [9.17, 15) is 0 Å². The van der Waals surface area contributed by atoms with Crippen LogP contribution in [-0.4, -0.2) is 21.9 Å². The largest absolute Gasteiger partial charge is 0.495 e. The first kappa shape index (κ1) is 10.5. The molecule has 0 aliphatic heterocycles. The fourth-order valence-corrected chi connectivity index (χ4v) is 1.60. The summed E-state index contributed by atoms with van der Waals surface area (Å²) in [4.78, 5) is 4.25. The van der Waals surface area contributed by atoms with E-state index in [1.807, 2.05) is 26.2 Å². The zero-order valence-electron chi connectivity index (χ0n) is 9.56. The van der Waals surface area contributed by atoms with Crippen LogP contribution in [0.2, 0.25) is 0 Å². The number of anilines is 1. The zero-order valence-corrected chi connectivity index (χ0v) is 9.56. The maximum atomic E-state index is 5.88. The van der Waals surface area contributed by atoms with Crippen molar-refractivity contribution >= 4 is 5.82 Å². The summed E-state index contributed by atoms with van der Waals surface area (Å²) in [7, 11) is 3.48. The molecule has 0 fully saturated rings.